The van der Waals surface area contributed by atoms with Crippen LogP contribution in [-0.2, 0) is 37.4 Å². The Morgan fingerprint density at radius 2 is 1.35 bits per heavy atom. The minimum atomic E-state index is -4.07. The molecule has 46 heavy (non-hydrogen) atoms. The number of rotatable bonds is 10. The smallest absolute Gasteiger partial charge is 0.416 e. The van der Waals surface area contributed by atoms with Crippen molar-refractivity contribution >= 4 is 27.9 Å². The Morgan fingerprint density at radius 1 is 0.717 bits per heavy atom. The molecule has 0 aliphatic heterocycles. The second kappa shape index (κ2) is 14.2. The van der Waals surface area contributed by atoms with E-state index in [2.05, 4.69) is 9.97 Å². The van der Waals surface area contributed by atoms with Crippen molar-refractivity contribution in [2.75, 3.05) is 11.4 Å². The quantitative estimate of drug-likeness (QED) is 0.177. The zero-order valence-electron chi connectivity index (χ0n) is 27.0. The molecule has 0 atom stereocenters. The molecule has 0 saturated carbocycles. The number of nitrogens with zero attached hydrogens (tertiary/aromatic N) is 4. The Labute approximate surface area is 271 Å². The van der Waals surface area contributed by atoms with Crippen LogP contribution >= 0.6 is 0 Å². The SMILES string of the molecule is CC(C)(C)OC(=O)CN(C(=O)OC(C)(C)C)c1cccc(CN(Cc2ccc(-c3ccccc3)cc2)S(=O)(=O)c2ccccn2)n1. The highest BCUT2D eigenvalue weighted by Gasteiger charge is 2.30. The van der Waals surface area contributed by atoms with E-state index in [0.717, 1.165) is 21.6 Å². The number of pyridine rings is 2. The molecule has 2 heterocycles. The van der Waals surface area contributed by atoms with Gasteiger partial charge in [0.05, 0.1) is 12.2 Å². The second-order valence-corrected chi connectivity index (χ2v) is 14.5. The molecule has 0 fully saturated rings. The minimum Gasteiger partial charge on any atom is -0.459 e. The van der Waals surface area contributed by atoms with E-state index in [1.54, 1.807) is 71.9 Å². The topological polar surface area (TPSA) is 119 Å². The number of sulfonamides is 1. The van der Waals surface area contributed by atoms with Gasteiger partial charge >= 0.3 is 12.1 Å². The maximum absolute atomic E-state index is 13.9. The third-order valence-electron chi connectivity index (χ3n) is 6.39. The number of anilines is 1. The molecular weight excluding hydrogens is 604 g/mol. The third-order valence-corrected chi connectivity index (χ3v) is 8.10. The van der Waals surface area contributed by atoms with E-state index in [4.69, 9.17) is 9.47 Å². The van der Waals surface area contributed by atoms with Gasteiger partial charge in [-0.1, -0.05) is 66.7 Å². The lowest BCUT2D eigenvalue weighted by molar-refractivity contribution is -0.153. The van der Waals surface area contributed by atoms with Crippen molar-refractivity contribution in [3.8, 4) is 11.1 Å². The molecule has 4 aromatic rings. The Balaban J connectivity index is 1.67. The van der Waals surface area contributed by atoms with Gasteiger partial charge in [0, 0.05) is 12.7 Å². The maximum Gasteiger partial charge on any atom is 0.416 e. The average Bonchev–Trinajstić information content (AvgIpc) is 2.99. The molecule has 2 aromatic heterocycles. The molecule has 0 aliphatic carbocycles. The molecule has 242 valence electrons. The molecule has 0 aliphatic rings. The van der Waals surface area contributed by atoms with E-state index >= 15 is 0 Å². The summed E-state index contributed by atoms with van der Waals surface area (Å²) in [6.45, 7) is 9.78. The van der Waals surface area contributed by atoms with Crippen molar-refractivity contribution in [2.24, 2.45) is 0 Å². The van der Waals surface area contributed by atoms with Crippen LogP contribution in [0.3, 0.4) is 0 Å². The molecule has 11 heteroatoms. The van der Waals surface area contributed by atoms with Gasteiger partial charge in [-0.15, -0.1) is 0 Å². The van der Waals surface area contributed by atoms with Gasteiger partial charge in [-0.05, 0) is 82.5 Å². The van der Waals surface area contributed by atoms with Crippen LogP contribution in [0.25, 0.3) is 11.1 Å². The van der Waals surface area contributed by atoms with Crippen molar-refractivity contribution < 1.29 is 27.5 Å². The molecule has 0 N–H and O–H groups in total. The molecule has 0 radical (unpaired) electrons. The van der Waals surface area contributed by atoms with Crippen LogP contribution in [0.4, 0.5) is 10.6 Å². The fraction of sp³-hybridized carbons (Fsp3) is 0.314. The summed E-state index contributed by atoms with van der Waals surface area (Å²) in [5.74, 6) is -0.538. The van der Waals surface area contributed by atoms with Gasteiger partial charge < -0.3 is 9.47 Å². The van der Waals surface area contributed by atoms with Crippen LogP contribution in [0.1, 0.15) is 52.8 Å². The highest BCUT2D eigenvalue weighted by molar-refractivity contribution is 7.89. The van der Waals surface area contributed by atoms with Crippen molar-refractivity contribution in [1.82, 2.24) is 14.3 Å². The van der Waals surface area contributed by atoms with Crippen molar-refractivity contribution in [2.45, 2.75) is 70.9 Å². The first-order valence-corrected chi connectivity index (χ1v) is 16.3. The van der Waals surface area contributed by atoms with Gasteiger partial charge in [0.2, 0.25) is 0 Å². The molecule has 0 unspecified atom stereocenters. The lowest BCUT2D eigenvalue weighted by Gasteiger charge is -2.28. The number of benzene rings is 2. The highest BCUT2D eigenvalue weighted by atomic mass is 32.2. The Hall–Kier alpha value is -4.61. The summed E-state index contributed by atoms with van der Waals surface area (Å²) in [5, 5.41) is -0.104. The molecular formula is C35H40N4O6S. The second-order valence-electron chi connectivity index (χ2n) is 12.6. The summed E-state index contributed by atoms with van der Waals surface area (Å²) in [6, 6.07) is 27.1. The predicted octanol–water partition coefficient (Wildman–Crippen LogP) is 6.62. The van der Waals surface area contributed by atoms with Gasteiger partial charge in [0.15, 0.2) is 5.03 Å². The van der Waals surface area contributed by atoms with E-state index in [1.165, 1.54) is 16.6 Å². The highest BCUT2D eigenvalue weighted by Crippen LogP contribution is 2.24. The zero-order valence-corrected chi connectivity index (χ0v) is 27.8. The average molecular weight is 645 g/mol. The van der Waals surface area contributed by atoms with E-state index in [-0.39, 0.29) is 23.9 Å². The number of hydrogen-bond acceptors (Lipinski definition) is 8. The fourth-order valence-electron chi connectivity index (χ4n) is 4.44. The van der Waals surface area contributed by atoms with E-state index in [9.17, 15) is 18.0 Å². The van der Waals surface area contributed by atoms with E-state index in [1.807, 2.05) is 54.6 Å². The van der Waals surface area contributed by atoms with Crippen LogP contribution in [0.2, 0.25) is 0 Å². The van der Waals surface area contributed by atoms with Crippen LogP contribution in [0.5, 0.6) is 0 Å². The van der Waals surface area contributed by atoms with Gasteiger partial charge in [0.25, 0.3) is 10.0 Å². The van der Waals surface area contributed by atoms with Crippen molar-refractivity contribution in [1.29, 1.82) is 0 Å². The zero-order chi connectivity index (χ0) is 33.5. The molecule has 0 bridgehead atoms. The van der Waals surface area contributed by atoms with Crippen LogP contribution in [-0.4, -0.2) is 52.5 Å². The van der Waals surface area contributed by atoms with Gasteiger partial charge in [-0.25, -0.2) is 23.2 Å². The predicted molar refractivity (Wildman–Crippen MR) is 176 cm³/mol. The summed E-state index contributed by atoms with van der Waals surface area (Å²) in [5.41, 5.74) is 1.54. The molecule has 1 amide bonds. The first-order chi connectivity index (χ1) is 21.6. The number of amides is 1. The standard InChI is InChI=1S/C35H40N4O6S/c1-34(2,3)44-32(40)25-39(33(41)45-35(4,5)6)30-16-12-15-29(37-30)24-38(46(42,43)31-17-10-11-22-36-31)23-26-18-20-28(21-19-26)27-13-8-7-9-14-27/h7-22H,23-25H2,1-6H3. The number of esters is 1. The molecule has 4 rings (SSSR count). The monoisotopic (exact) mass is 644 g/mol. The normalized spacial score (nSPS) is 12.1. The van der Waals surface area contributed by atoms with Gasteiger partial charge in [-0.2, -0.15) is 4.31 Å². The number of aromatic nitrogens is 2. The summed E-state index contributed by atoms with van der Waals surface area (Å²) >= 11 is 0. The first-order valence-electron chi connectivity index (χ1n) is 14.8. The summed E-state index contributed by atoms with van der Waals surface area (Å²) in [7, 11) is -4.07. The van der Waals surface area contributed by atoms with E-state index < -0.39 is 39.8 Å². The lowest BCUT2D eigenvalue weighted by atomic mass is 10.0. The fourth-order valence-corrected chi connectivity index (χ4v) is 5.77. The Kier molecular flexibility index (Phi) is 10.6. The first kappa shape index (κ1) is 34.3. The third kappa shape index (κ3) is 9.69. The van der Waals surface area contributed by atoms with Crippen molar-refractivity contribution in [3.05, 3.63) is 108 Å². The van der Waals surface area contributed by atoms with Crippen LogP contribution in [0.15, 0.2) is 102 Å². The Bertz CT molecular complexity index is 1730. The van der Waals surface area contributed by atoms with Crippen LogP contribution in [0, 0.1) is 0 Å². The summed E-state index contributed by atoms with van der Waals surface area (Å²) in [4.78, 5) is 35.8. The number of hydrogen-bond donors (Lipinski definition) is 0. The number of ether oxygens (including phenoxy) is 2. The van der Waals surface area contributed by atoms with Gasteiger partial charge in [-0.3, -0.25) is 9.69 Å². The van der Waals surface area contributed by atoms with E-state index in [0.29, 0.717) is 5.69 Å². The van der Waals surface area contributed by atoms with Crippen LogP contribution < -0.4 is 4.90 Å². The molecule has 0 saturated heterocycles. The lowest BCUT2D eigenvalue weighted by Crippen LogP contribution is -2.42. The summed E-state index contributed by atoms with van der Waals surface area (Å²) in [6.07, 6.45) is 0.632. The molecule has 2 aromatic carbocycles. The molecule has 0 spiro atoms. The molecule has 10 nitrogen and oxygen atoms in total. The summed E-state index contributed by atoms with van der Waals surface area (Å²) < 4.78 is 40.1. The van der Waals surface area contributed by atoms with Gasteiger partial charge in [0.1, 0.15) is 23.6 Å². The minimum absolute atomic E-state index is 0.0353. The maximum atomic E-state index is 13.9. The number of carbonyl (C=O) groups excluding carboxylic acids is 2. The van der Waals surface area contributed by atoms with Crippen molar-refractivity contribution in [3.63, 3.8) is 0 Å². The Morgan fingerprint density at radius 3 is 1.96 bits per heavy atom. The number of carbonyl (C=O) groups is 2. The largest absolute Gasteiger partial charge is 0.459 e.